The number of hydrogen-bond donors (Lipinski definition) is 1. The van der Waals surface area contributed by atoms with Gasteiger partial charge < -0.3 is 15.5 Å². The fourth-order valence-corrected chi connectivity index (χ4v) is 2.20. The molecule has 3 rings (SSSR count). The van der Waals surface area contributed by atoms with E-state index in [1.54, 1.807) is 4.52 Å². The monoisotopic (exact) mass is 232 g/mol. The lowest BCUT2D eigenvalue weighted by Gasteiger charge is -2.33. The molecule has 0 radical (unpaired) electrons. The molecule has 2 aromatic heterocycles. The van der Waals surface area contributed by atoms with Crippen molar-refractivity contribution in [3.05, 3.63) is 18.3 Å². The second-order valence-corrected chi connectivity index (χ2v) is 4.42. The molecule has 0 spiro atoms. The second kappa shape index (κ2) is 3.89. The van der Waals surface area contributed by atoms with E-state index in [4.69, 9.17) is 5.73 Å². The Labute approximate surface area is 99.6 Å². The van der Waals surface area contributed by atoms with Gasteiger partial charge in [0.15, 0.2) is 5.65 Å². The van der Waals surface area contributed by atoms with Crippen molar-refractivity contribution >= 4 is 17.3 Å². The zero-order chi connectivity index (χ0) is 11.8. The van der Waals surface area contributed by atoms with Crippen LogP contribution in [-0.4, -0.2) is 52.7 Å². The Morgan fingerprint density at radius 1 is 1.24 bits per heavy atom. The lowest BCUT2D eigenvalue weighted by Crippen LogP contribution is -2.44. The summed E-state index contributed by atoms with van der Waals surface area (Å²) in [4.78, 5) is 8.95. The summed E-state index contributed by atoms with van der Waals surface area (Å²) >= 11 is 0. The average molecular weight is 232 g/mol. The normalized spacial score (nSPS) is 17.8. The number of aromatic nitrogens is 3. The van der Waals surface area contributed by atoms with Crippen molar-refractivity contribution in [3.63, 3.8) is 0 Å². The van der Waals surface area contributed by atoms with Gasteiger partial charge in [-0.3, -0.25) is 0 Å². The van der Waals surface area contributed by atoms with E-state index in [0.717, 1.165) is 37.5 Å². The van der Waals surface area contributed by atoms with Gasteiger partial charge in [-0.1, -0.05) is 0 Å². The standard InChI is InChI=1S/C11H16N6/c1-15-5-7-16(8-6-15)9-3-2-4-17-10(9)13-11(12)14-17/h2-4H,5-8H2,1H3,(H2,12,14). The molecule has 0 atom stereocenters. The Balaban J connectivity index is 1.99. The number of fused-ring (bicyclic) bond motifs is 1. The second-order valence-electron chi connectivity index (χ2n) is 4.42. The molecule has 0 bridgehead atoms. The van der Waals surface area contributed by atoms with E-state index in [1.165, 1.54) is 0 Å². The molecule has 1 fully saturated rings. The van der Waals surface area contributed by atoms with Crippen molar-refractivity contribution in [1.29, 1.82) is 0 Å². The van der Waals surface area contributed by atoms with Crippen LogP contribution in [0.2, 0.25) is 0 Å². The number of likely N-dealkylation sites (N-methyl/N-ethyl adjacent to an activating group) is 1. The summed E-state index contributed by atoms with van der Waals surface area (Å²) in [5.74, 6) is 0.326. The van der Waals surface area contributed by atoms with Crippen molar-refractivity contribution in [2.24, 2.45) is 0 Å². The van der Waals surface area contributed by atoms with Crippen LogP contribution in [0.4, 0.5) is 11.6 Å². The number of nitrogen functional groups attached to an aromatic ring is 1. The molecule has 0 unspecified atom stereocenters. The minimum absolute atomic E-state index is 0.326. The minimum atomic E-state index is 0.326. The molecular formula is C11H16N6. The Bertz CT molecular complexity index is 526. The third-order valence-corrected chi connectivity index (χ3v) is 3.20. The number of anilines is 2. The predicted octanol–water partition coefficient (Wildman–Crippen LogP) is 0.0633. The summed E-state index contributed by atoms with van der Waals surface area (Å²) < 4.78 is 1.74. The molecule has 1 aliphatic rings. The third-order valence-electron chi connectivity index (χ3n) is 3.20. The number of piperazine rings is 1. The fourth-order valence-electron chi connectivity index (χ4n) is 2.20. The Morgan fingerprint density at radius 2 is 2.00 bits per heavy atom. The van der Waals surface area contributed by atoms with Crippen LogP contribution in [0.1, 0.15) is 0 Å². The van der Waals surface area contributed by atoms with Gasteiger partial charge in [-0.25, -0.2) is 4.52 Å². The minimum Gasteiger partial charge on any atom is -0.366 e. The first-order valence-corrected chi connectivity index (χ1v) is 5.78. The molecular weight excluding hydrogens is 216 g/mol. The first kappa shape index (κ1) is 10.3. The quantitative estimate of drug-likeness (QED) is 0.753. The lowest BCUT2D eigenvalue weighted by atomic mass is 10.3. The van der Waals surface area contributed by atoms with Crippen molar-refractivity contribution in [2.45, 2.75) is 0 Å². The average Bonchev–Trinajstić information content (AvgIpc) is 2.70. The highest BCUT2D eigenvalue weighted by atomic mass is 15.3. The first-order chi connectivity index (χ1) is 8.24. The van der Waals surface area contributed by atoms with Crippen molar-refractivity contribution in [1.82, 2.24) is 19.5 Å². The molecule has 0 saturated carbocycles. The number of pyridine rings is 1. The number of nitrogens with two attached hydrogens (primary N) is 1. The SMILES string of the molecule is CN1CCN(c2cccn3nc(N)nc23)CC1. The molecule has 0 aromatic carbocycles. The Hall–Kier alpha value is -1.82. The highest BCUT2D eigenvalue weighted by Crippen LogP contribution is 2.21. The van der Waals surface area contributed by atoms with Gasteiger partial charge in [-0.05, 0) is 19.2 Å². The van der Waals surface area contributed by atoms with Crippen molar-refractivity contribution in [2.75, 3.05) is 43.9 Å². The molecule has 90 valence electrons. The number of nitrogens with zero attached hydrogens (tertiary/aromatic N) is 5. The van der Waals surface area contributed by atoms with Crippen LogP contribution >= 0.6 is 0 Å². The van der Waals surface area contributed by atoms with E-state index in [1.807, 2.05) is 12.3 Å². The number of rotatable bonds is 1. The van der Waals surface area contributed by atoms with Crippen LogP contribution < -0.4 is 10.6 Å². The summed E-state index contributed by atoms with van der Waals surface area (Å²) in [6, 6.07) is 4.06. The van der Waals surface area contributed by atoms with E-state index in [2.05, 4.69) is 33.0 Å². The summed E-state index contributed by atoms with van der Waals surface area (Å²) in [5.41, 5.74) is 7.60. The molecule has 0 amide bonds. The maximum absolute atomic E-state index is 5.64. The van der Waals surface area contributed by atoms with Gasteiger partial charge in [0.05, 0.1) is 5.69 Å². The smallest absolute Gasteiger partial charge is 0.240 e. The van der Waals surface area contributed by atoms with Gasteiger partial charge in [0.25, 0.3) is 0 Å². The van der Waals surface area contributed by atoms with E-state index in [9.17, 15) is 0 Å². The van der Waals surface area contributed by atoms with Gasteiger partial charge in [0, 0.05) is 32.4 Å². The molecule has 1 aliphatic heterocycles. The van der Waals surface area contributed by atoms with Gasteiger partial charge in [0.1, 0.15) is 0 Å². The van der Waals surface area contributed by atoms with E-state index >= 15 is 0 Å². The maximum atomic E-state index is 5.64. The summed E-state index contributed by atoms with van der Waals surface area (Å²) in [6.45, 7) is 4.18. The van der Waals surface area contributed by atoms with Crippen LogP contribution in [-0.2, 0) is 0 Å². The predicted molar refractivity (Wildman–Crippen MR) is 67.1 cm³/mol. The van der Waals surface area contributed by atoms with Crippen LogP contribution in [0.15, 0.2) is 18.3 Å². The highest BCUT2D eigenvalue weighted by Gasteiger charge is 2.17. The summed E-state index contributed by atoms with van der Waals surface area (Å²) in [6.07, 6.45) is 1.87. The molecule has 1 saturated heterocycles. The lowest BCUT2D eigenvalue weighted by molar-refractivity contribution is 0.313. The molecule has 2 N–H and O–H groups in total. The zero-order valence-electron chi connectivity index (χ0n) is 9.87. The van der Waals surface area contributed by atoms with E-state index in [0.29, 0.717) is 5.95 Å². The van der Waals surface area contributed by atoms with Gasteiger partial charge >= 0.3 is 0 Å². The largest absolute Gasteiger partial charge is 0.366 e. The highest BCUT2D eigenvalue weighted by molar-refractivity contribution is 5.69. The van der Waals surface area contributed by atoms with Gasteiger partial charge in [-0.2, -0.15) is 4.98 Å². The molecule has 0 aliphatic carbocycles. The molecule has 6 nitrogen and oxygen atoms in total. The van der Waals surface area contributed by atoms with Crippen molar-refractivity contribution < 1.29 is 0 Å². The molecule has 6 heteroatoms. The first-order valence-electron chi connectivity index (χ1n) is 5.78. The van der Waals surface area contributed by atoms with E-state index < -0.39 is 0 Å². The van der Waals surface area contributed by atoms with Crippen LogP contribution in [0, 0.1) is 0 Å². The Morgan fingerprint density at radius 3 is 2.76 bits per heavy atom. The zero-order valence-corrected chi connectivity index (χ0v) is 9.87. The van der Waals surface area contributed by atoms with E-state index in [-0.39, 0.29) is 0 Å². The topological polar surface area (TPSA) is 62.7 Å². The van der Waals surface area contributed by atoms with Gasteiger partial charge in [-0.15, -0.1) is 5.10 Å². The van der Waals surface area contributed by atoms with Crippen molar-refractivity contribution in [3.8, 4) is 0 Å². The molecule has 3 heterocycles. The van der Waals surface area contributed by atoms with Crippen LogP contribution in [0.5, 0.6) is 0 Å². The Kier molecular flexibility index (Phi) is 2.36. The molecule has 2 aromatic rings. The van der Waals surface area contributed by atoms with Crippen LogP contribution in [0.3, 0.4) is 0 Å². The maximum Gasteiger partial charge on any atom is 0.240 e. The summed E-state index contributed by atoms with van der Waals surface area (Å²) in [5, 5.41) is 4.13. The van der Waals surface area contributed by atoms with Crippen LogP contribution in [0.25, 0.3) is 5.65 Å². The fraction of sp³-hybridized carbons (Fsp3) is 0.455. The van der Waals surface area contributed by atoms with Gasteiger partial charge in [0.2, 0.25) is 5.95 Å². The molecule has 17 heavy (non-hydrogen) atoms. The third kappa shape index (κ3) is 1.80. The summed E-state index contributed by atoms with van der Waals surface area (Å²) in [7, 11) is 2.15. The number of hydrogen-bond acceptors (Lipinski definition) is 5.